The zero-order valence-electron chi connectivity index (χ0n) is 20.4. The van der Waals surface area contributed by atoms with Crippen LogP contribution in [0.4, 0.5) is 10.8 Å². The molecule has 2 amide bonds. The molecule has 2 aliphatic rings. The van der Waals surface area contributed by atoms with Gasteiger partial charge < -0.3 is 21.0 Å². The Morgan fingerprint density at radius 1 is 1.39 bits per heavy atom. The van der Waals surface area contributed by atoms with E-state index < -0.39 is 39.2 Å². The van der Waals surface area contributed by atoms with Crippen LogP contribution in [0.15, 0.2) is 46.1 Å². The number of anilines is 2. The van der Waals surface area contributed by atoms with E-state index in [-0.39, 0.29) is 34.4 Å². The second-order valence-electron chi connectivity index (χ2n) is 8.39. The summed E-state index contributed by atoms with van der Waals surface area (Å²) in [7, 11) is -0.789. The Morgan fingerprint density at radius 2 is 2.13 bits per heavy atom. The Hall–Kier alpha value is -3.63. The van der Waals surface area contributed by atoms with Crippen LogP contribution in [0.5, 0.6) is 0 Å². The van der Waals surface area contributed by atoms with Crippen LogP contribution < -0.4 is 15.4 Å². The molecular weight excluding hydrogens is 556 g/mol. The van der Waals surface area contributed by atoms with Crippen molar-refractivity contribution in [2.75, 3.05) is 36.2 Å². The third-order valence-electron chi connectivity index (χ3n) is 5.89. The number of amides is 2. The van der Waals surface area contributed by atoms with E-state index in [9.17, 15) is 27.9 Å². The average Bonchev–Trinajstić information content (AvgIpc) is 3.30. The van der Waals surface area contributed by atoms with E-state index >= 15 is 0 Å². The number of aromatic nitrogens is 1. The molecule has 0 radical (unpaired) electrons. The zero-order valence-corrected chi connectivity index (χ0v) is 22.9. The maximum atomic E-state index is 13.0. The topological polar surface area (TPSA) is 185 Å². The number of hydrogen-bond acceptors (Lipinski definition) is 11. The fourth-order valence-electron chi connectivity index (χ4n) is 4.02. The molecule has 1 aromatic carbocycles. The molecule has 1 fully saturated rings. The molecule has 13 nitrogen and oxygen atoms in total. The van der Waals surface area contributed by atoms with Gasteiger partial charge >= 0.3 is 5.97 Å². The van der Waals surface area contributed by atoms with Crippen LogP contribution in [0.1, 0.15) is 11.3 Å². The van der Waals surface area contributed by atoms with Crippen LogP contribution in [0.3, 0.4) is 0 Å². The van der Waals surface area contributed by atoms with Crippen LogP contribution in [-0.4, -0.2) is 84.5 Å². The number of nitrogens with one attached hydrogen (secondary N) is 1. The molecule has 2 aromatic rings. The number of nitrogens with zero attached hydrogens (tertiary/aromatic N) is 4. The van der Waals surface area contributed by atoms with Crippen molar-refractivity contribution in [3.8, 4) is 0 Å². The Morgan fingerprint density at radius 3 is 2.74 bits per heavy atom. The molecule has 0 aliphatic carbocycles. The summed E-state index contributed by atoms with van der Waals surface area (Å²) in [5.41, 5.74) is 7.13. The number of oxime groups is 1. The van der Waals surface area contributed by atoms with E-state index in [0.29, 0.717) is 16.8 Å². The predicted molar refractivity (Wildman–Crippen MR) is 143 cm³/mol. The standard InChI is InChI=1S/C22H24N6O7S3/c1-27(38(3,33)34)13-6-4-5-11(8-13)7-12-9-36-20-16(19(30)28(20)17(12)21(31)32)25-18(29)15(26-35-2)14-10-37-22(23)24-14/h4-6,8,10,16,20H,7,9H2,1-3H3,(H2,23,24)(H,25,29)(H,31,32)/b26-15+/t16-,20-/m1/s1. The molecule has 202 valence electrons. The van der Waals surface area contributed by atoms with Gasteiger partial charge in [0.15, 0.2) is 10.8 Å². The average molecular weight is 581 g/mol. The highest BCUT2D eigenvalue weighted by molar-refractivity contribution is 8.00. The van der Waals surface area contributed by atoms with Gasteiger partial charge in [0.2, 0.25) is 10.0 Å². The summed E-state index contributed by atoms with van der Waals surface area (Å²) in [6, 6.07) is 5.75. The molecule has 16 heteroatoms. The molecule has 1 saturated heterocycles. The molecule has 0 unspecified atom stereocenters. The third kappa shape index (κ3) is 5.32. The second kappa shape index (κ2) is 10.6. The van der Waals surface area contributed by atoms with Gasteiger partial charge in [-0.25, -0.2) is 18.2 Å². The first-order valence-corrected chi connectivity index (χ1v) is 14.8. The first-order valence-electron chi connectivity index (χ1n) is 11.0. The Bertz CT molecular complexity index is 1470. The quantitative estimate of drug-likeness (QED) is 0.214. The van der Waals surface area contributed by atoms with Crippen molar-refractivity contribution in [1.82, 2.24) is 15.2 Å². The monoisotopic (exact) mass is 580 g/mol. The summed E-state index contributed by atoms with van der Waals surface area (Å²) in [6.45, 7) is 0. The fraction of sp³-hybridized carbons (Fsp3) is 0.318. The number of carboxylic acid groups (broad SMARTS) is 1. The van der Waals surface area contributed by atoms with Gasteiger partial charge in [-0.3, -0.25) is 18.8 Å². The minimum atomic E-state index is -3.48. The number of carboxylic acids is 1. The molecule has 1 aromatic heterocycles. The van der Waals surface area contributed by atoms with Crippen LogP contribution in [0.25, 0.3) is 0 Å². The smallest absolute Gasteiger partial charge is 0.352 e. The van der Waals surface area contributed by atoms with E-state index in [4.69, 9.17) is 10.6 Å². The predicted octanol–water partition coefficient (Wildman–Crippen LogP) is 0.453. The minimum absolute atomic E-state index is 0.149. The number of carbonyl (C=O) groups excluding carboxylic acids is 2. The summed E-state index contributed by atoms with van der Waals surface area (Å²) in [5, 5.41) is 17.4. The lowest BCUT2D eigenvalue weighted by Gasteiger charge is -2.49. The SMILES string of the molecule is CO/N=C(/C(=O)N[C@@H]1C(=O)N2C(C(=O)O)=C(Cc3cccc(N(C)S(C)(=O)=O)c3)CS[C@H]12)c1csc(N)n1. The maximum absolute atomic E-state index is 13.0. The third-order valence-corrected chi connectivity index (χ3v) is 9.11. The molecule has 3 heterocycles. The van der Waals surface area contributed by atoms with Crippen LogP contribution in [0, 0.1) is 0 Å². The number of benzene rings is 1. The van der Waals surface area contributed by atoms with Crippen molar-refractivity contribution < 1.29 is 32.7 Å². The number of rotatable bonds is 9. The lowest BCUT2D eigenvalue weighted by atomic mass is 9.98. The minimum Gasteiger partial charge on any atom is -0.477 e. The Kier molecular flexibility index (Phi) is 7.66. The van der Waals surface area contributed by atoms with Gasteiger partial charge in [-0.1, -0.05) is 17.3 Å². The number of hydrogen-bond donors (Lipinski definition) is 3. The summed E-state index contributed by atoms with van der Waals surface area (Å²) in [6.07, 6.45) is 1.28. The molecule has 38 heavy (non-hydrogen) atoms. The van der Waals surface area contributed by atoms with Crippen molar-refractivity contribution >= 4 is 67.4 Å². The molecule has 0 bridgehead atoms. The molecule has 2 atom stereocenters. The van der Waals surface area contributed by atoms with E-state index in [0.717, 1.165) is 26.8 Å². The number of fused-ring (bicyclic) bond motifs is 1. The van der Waals surface area contributed by atoms with Crippen molar-refractivity contribution in [1.29, 1.82) is 0 Å². The fourth-order valence-corrected chi connectivity index (χ4v) is 6.41. The number of carbonyl (C=O) groups is 3. The summed E-state index contributed by atoms with van der Waals surface area (Å²) >= 11 is 2.42. The van der Waals surface area contributed by atoms with Gasteiger partial charge in [0.05, 0.1) is 11.9 Å². The summed E-state index contributed by atoms with van der Waals surface area (Å²) in [5.74, 6) is -2.27. The number of aliphatic carboxylic acids is 1. The lowest BCUT2D eigenvalue weighted by Crippen LogP contribution is -2.71. The first-order chi connectivity index (χ1) is 17.9. The molecular formula is C22H24N6O7S3. The molecule has 4 N–H and O–H groups in total. The number of thiazole rings is 1. The van der Waals surface area contributed by atoms with E-state index in [1.807, 2.05) is 0 Å². The normalized spacial score (nSPS) is 19.5. The van der Waals surface area contributed by atoms with Crippen molar-refractivity contribution in [2.24, 2.45) is 5.16 Å². The Labute approximate surface area is 226 Å². The number of β-lactam (4-membered cyclic amide) rings is 1. The summed E-state index contributed by atoms with van der Waals surface area (Å²) in [4.78, 5) is 48.1. The Balaban J connectivity index is 1.54. The van der Waals surface area contributed by atoms with Gasteiger partial charge in [0, 0.05) is 18.2 Å². The highest BCUT2D eigenvalue weighted by Crippen LogP contribution is 2.41. The van der Waals surface area contributed by atoms with Crippen LogP contribution in [-0.2, 0) is 35.7 Å². The number of nitrogen functional groups attached to an aromatic ring is 1. The number of nitrogens with two attached hydrogens (primary N) is 1. The van der Waals surface area contributed by atoms with Gasteiger partial charge in [-0.2, -0.15) is 0 Å². The van der Waals surface area contributed by atoms with Crippen molar-refractivity contribution in [3.05, 3.63) is 52.2 Å². The highest BCUT2D eigenvalue weighted by Gasteiger charge is 2.54. The van der Waals surface area contributed by atoms with Gasteiger partial charge in [-0.05, 0) is 29.7 Å². The molecule has 0 saturated carbocycles. The summed E-state index contributed by atoms with van der Waals surface area (Å²) < 4.78 is 24.9. The van der Waals surface area contributed by atoms with Gasteiger partial charge in [0.1, 0.15) is 29.9 Å². The number of sulfonamides is 1. The number of thioether (sulfide) groups is 1. The molecule has 2 aliphatic heterocycles. The van der Waals surface area contributed by atoms with Gasteiger partial charge in [-0.15, -0.1) is 23.1 Å². The lowest BCUT2D eigenvalue weighted by molar-refractivity contribution is -0.150. The second-order valence-corrected chi connectivity index (χ2v) is 12.4. The van der Waals surface area contributed by atoms with Crippen LogP contribution in [0.2, 0.25) is 0 Å². The van der Waals surface area contributed by atoms with Gasteiger partial charge in [0.25, 0.3) is 11.8 Å². The largest absolute Gasteiger partial charge is 0.477 e. The highest BCUT2D eigenvalue weighted by atomic mass is 32.2. The van der Waals surface area contributed by atoms with E-state index in [2.05, 4.69) is 15.5 Å². The first kappa shape index (κ1) is 27.4. The molecule has 0 spiro atoms. The zero-order chi connectivity index (χ0) is 27.8. The van der Waals surface area contributed by atoms with Crippen molar-refractivity contribution in [3.63, 3.8) is 0 Å². The van der Waals surface area contributed by atoms with Crippen LogP contribution >= 0.6 is 23.1 Å². The molecule has 4 rings (SSSR count). The van der Waals surface area contributed by atoms with E-state index in [1.54, 1.807) is 24.3 Å². The van der Waals surface area contributed by atoms with E-state index in [1.165, 1.54) is 31.3 Å². The van der Waals surface area contributed by atoms with Crippen molar-refractivity contribution in [2.45, 2.75) is 17.8 Å². The maximum Gasteiger partial charge on any atom is 0.352 e.